The number of halogens is 2. The summed E-state index contributed by atoms with van der Waals surface area (Å²) in [7, 11) is 0. The van der Waals surface area contributed by atoms with E-state index in [4.69, 9.17) is 11.1 Å². The zero-order chi connectivity index (χ0) is 19.7. The maximum absolute atomic E-state index is 14.2. The van der Waals surface area contributed by atoms with Crippen LogP contribution in [0.5, 0.6) is 0 Å². The van der Waals surface area contributed by atoms with Gasteiger partial charge in [-0.25, -0.2) is 13.8 Å². The van der Waals surface area contributed by atoms with Gasteiger partial charge >= 0.3 is 0 Å². The van der Waals surface area contributed by atoms with Crippen molar-refractivity contribution in [2.24, 2.45) is 0 Å². The highest BCUT2D eigenvalue weighted by Crippen LogP contribution is 2.30. The van der Waals surface area contributed by atoms with E-state index in [0.29, 0.717) is 5.56 Å². The van der Waals surface area contributed by atoms with Crippen molar-refractivity contribution in [2.45, 2.75) is 0 Å². The number of hydrogen-bond donors (Lipinski definition) is 2. The molecule has 4 rings (SSSR count). The van der Waals surface area contributed by atoms with Crippen molar-refractivity contribution >= 4 is 12.0 Å². The fourth-order valence-corrected chi connectivity index (χ4v) is 2.76. The van der Waals surface area contributed by atoms with Gasteiger partial charge in [0.15, 0.2) is 17.5 Å². The van der Waals surface area contributed by atoms with E-state index in [1.54, 1.807) is 24.4 Å². The molecule has 0 atom stereocenters. The number of hydrogen-bond acceptors (Lipinski definition) is 6. The first-order chi connectivity index (χ1) is 13.6. The van der Waals surface area contributed by atoms with Gasteiger partial charge in [0, 0.05) is 18.0 Å². The van der Waals surface area contributed by atoms with Crippen LogP contribution in [0.15, 0.2) is 54.7 Å². The molecule has 2 aromatic heterocycles. The molecule has 7 nitrogen and oxygen atoms in total. The minimum atomic E-state index is -1.07. The van der Waals surface area contributed by atoms with Crippen LogP contribution < -0.4 is 5.73 Å². The van der Waals surface area contributed by atoms with Gasteiger partial charge in [0.2, 0.25) is 0 Å². The van der Waals surface area contributed by atoms with Crippen molar-refractivity contribution < 1.29 is 8.78 Å². The molecule has 0 radical (unpaired) electrons. The first-order valence-corrected chi connectivity index (χ1v) is 8.18. The molecule has 2 aromatic carbocycles. The molecule has 0 unspecified atom stereocenters. The quantitative estimate of drug-likeness (QED) is 0.531. The number of benzene rings is 2. The number of nitrogens with one attached hydrogen (secondary N) is 1. The van der Waals surface area contributed by atoms with Gasteiger partial charge in [-0.1, -0.05) is 30.3 Å². The summed E-state index contributed by atoms with van der Waals surface area (Å²) < 4.78 is 28.9. The Hall–Kier alpha value is -4.01. The second kappa shape index (κ2) is 6.95. The van der Waals surface area contributed by atoms with Gasteiger partial charge in [-0.15, -0.1) is 5.10 Å². The third-order valence-electron chi connectivity index (χ3n) is 4.20. The van der Waals surface area contributed by atoms with E-state index < -0.39 is 11.6 Å². The molecule has 0 saturated heterocycles. The summed E-state index contributed by atoms with van der Waals surface area (Å²) in [5, 5.41) is 18.5. The lowest BCUT2D eigenvalue weighted by Gasteiger charge is -2.10. The van der Waals surface area contributed by atoms with E-state index in [0.717, 1.165) is 27.4 Å². The second-order valence-electron chi connectivity index (χ2n) is 5.91. The summed E-state index contributed by atoms with van der Waals surface area (Å²) in [6, 6.07) is 12.7. The van der Waals surface area contributed by atoms with Crippen molar-refractivity contribution in [3.05, 3.63) is 71.9 Å². The fourth-order valence-electron chi connectivity index (χ4n) is 2.76. The van der Waals surface area contributed by atoms with Crippen molar-refractivity contribution in [3.63, 3.8) is 0 Å². The number of anilines is 1. The first-order valence-electron chi connectivity index (χ1n) is 8.18. The van der Waals surface area contributed by atoms with Crippen LogP contribution in [0.4, 0.5) is 14.6 Å². The lowest BCUT2D eigenvalue weighted by molar-refractivity contribution is 0.501. The zero-order valence-corrected chi connectivity index (χ0v) is 14.3. The molecule has 3 N–H and O–H groups in total. The summed E-state index contributed by atoms with van der Waals surface area (Å²) >= 11 is 0. The average Bonchev–Trinajstić information content (AvgIpc) is 3.20. The van der Waals surface area contributed by atoms with Crippen LogP contribution in [0.1, 0.15) is 5.56 Å². The minimum Gasteiger partial charge on any atom is -0.383 e. The van der Waals surface area contributed by atoms with E-state index in [-0.39, 0.29) is 17.3 Å². The molecule has 138 valence electrons. The number of tetrazole rings is 1. The number of nitrogens with zero attached hydrogens (tertiary/aromatic N) is 5. The maximum atomic E-state index is 14.2. The van der Waals surface area contributed by atoms with Gasteiger partial charge in [0.25, 0.3) is 0 Å². The summed E-state index contributed by atoms with van der Waals surface area (Å²) in [6.45, 7) is 0. The van der Waals surface area contributed by atoms with E-state index in [1.165, 1.54) is 18.3 Å². The number of rotatable bonds is 4. The highest BCUT2D eigenvalue weighted by Gasteiger charge is 2.19. The topological polar surface area (TPSA) is 106 Å². The monoisotopic (exact) mass is 377 g/mol. The average molecular weight is 377 g/mol. The number of nitrogen functional groups attached to an aromatic ring is 1. The summed E-state index contributed by atoms with van der Waals surface area (Å²) in [6.07, 6.45) is 2.84. The number of aromatic nitrogens is 5. The molecule has 0 aliphatic heterocycles. The molecular weight excluding hydrogens is 364 g/mol. The summed E-state index contributed by atoms with van der Waals surface area (Å²) in [4.78, 5) is 4.18. The van der Waals surface area contributed by atoms with Crippen molar-refractivity contribution in [1.29, 1.82) is 5.41 Å². The molecule has 28 heavy (non-hydrogen) atoms. The van der Waals surface area contributed by atoms with Gasteiger partial charge in [0.1, 0.15) is 11.5 Å². The largest absolute Gasteiger partial charge is 0.383 e. The molecule has 0 spiro atoms. The second-order valence-corrected chi connectivity index (χ2v) is 5.91. The highest BCUT2D eigenvalue weighted by molar-refractivity contribution is 5.80. The van der Waals surface area contributed by atoms with Crippen molar-refractivity contribution in [1.82, 2.24) is 25.2 Å². The molecule has 0 aliphatic carbocycles. The lowest BCUT2D eigenvalue weighted by Crippen LogP contribution is -2.06. The Morgan fingerprint density at radius 2 is 1.82 bits per heavy atom. The van der Waals surface area contributed by atoms with Crippen LogP contribution in [-0.2, 0) is 0 Å². The molecule has 0 saturated carbocycles. The molecule has 0 aliphatic rings. The molecule has 4 aromatic rings. The van der Waals surface area contributed by atoms with Gasteiger partial charge in [-0.05, 0) is 39.8 Å². The Morgan fingerprint density at radius 1 is 1.04 bits per heavy atom. The normalized spacial score (nSPS) is 10.8. The molecule has 2 heterocycles. The van der Waals surface area contributed by atoms with Crippen LogP contribution in [0.25, 0.3) is 28.2 Å². The third-order valence-corrected chi connectivity index (χ3v) is 4.20. The molecular formula is C19H13F2N7. The fraction of sp³-hybridized carbons (Fsp3) is 0. The van der Waals surface area contributed by atoms with E-state index in [2.05, 4.69) is 20.5 Å². The first kappa shape index (κ1) is 17.4. The van der Waals surface area contributed by atoms with Gasteiger partial charge < -0.3 is 11.1 Å². The van der Waals surface area contributed by atoms with Crippen LogP contribution >= 0.6 is 0 Å². The number of pyridine rings is 1. The van der Waals surface area contributed by atoms with Crippen molar-refractivity contribution in [3.8, 4) is 28.2 Å². The third kappa shape index (κ3) is 2.98. The molecule has 0 amide bonds. The highest BCUT2D eigenvalue weighted by atomic mass is 19.2. The Balaban J connectivity index is 1.83. The summed E-state index contributed by atoms with van der Waals surface area (Å²) in [5.74, 6) is -1.80. The maximum Gasteiger partial charge on any atom is 0.190 e. The molecule has 9 heteroatoms. The Labute approximate surface area is 158 Å². The van der Waals surface area contributed by atoms with Crippen LogP contribution in [0.3, 0.4) is 0 Å². The van der Waals surface area contributed by atoms with Crippen LogP contribution in [0.2, 0.25) is 0 Å². The Morgan fingerprint density at radius 3 is 2.57 bits per heavy atom. The predicted octanol–water partition coefficient (Wildman–Crippen LogP) is 3.25. The predicted molar refractivity (Wildman–Crippen MR) is 100 cm³/mol. The van der Waals surface area contributed by atoms with Gasteiger partial charge in [-0.3, -0.25) is 0 Å². The van der Waals surface area contributed by atoms with E-state index >= 15 is 0 Å². The zero-order valence-electron chi connectivity index (χ0n) is 14.3. The minimum absolute atomic E-state index is 0.132. The van der Waals surface area contributed by atoms with Gasteiger partial charge in [-0.2, -0.15) is 4.68 Å². The Kier molecular flexibility index (Phi) is 4.32. The van der Waals surface area contributed by atoms with Crippen LogP contribution in [-0.4, -0.2) is 31.4 Å². The SMILES string of the molecule is N=Cc1ccc(-c2cnc(N)c(-c3nnnn3-c3cccc(F)c3F)c2)cc1. The van der Waals surface area contributed by atoms with Crippen LogP contribution in [0, 0.1) is 17.0 Å². The number of nitrogens with two attached hydrogens (primary N) is 1. The summed E-state index contributed by atoms with van der Waals surface area (Å²) in [5.41, 5.74) is 8.58. The molecule has 0 bridgehead atoms. The molecule has 0 fully saturated rings. The lowest BCUT2D eigenvalue weighted by atomic mass is 10.0. The smallest absolute Gasteiger partial charge is 0.190 e. The standard InChI is InChI=1S/C19H13F2N7/c20-15-2-1-3-16(17(15)21)28-19(25-26-27-28)14-8-13(10-24-18(14)23)12-6-4-11(9-22)5-7-12/h1-10,22H,(H2,23,24). The van der Waals surface area contributed by atoms with E-state index in [1.807, 2.05) is 12.1 Å². The van der Waals surface area contributed by atoms with Gasteiger partial charge in [0.05, 0.1) is 5.56 Å². The van der Waals surface area contributed by atoms with Crippen molar-refractivity contribution in [2.75, 3.05) is 5.73 Å². The Bertz CT molecular complexity index is 1170. The van der Waals surface area contributed by atoms with E-state index in [9.17, 15) is 8.78 Å².